The maximum absolute atomic E-state index is 12.3. The third kappa shape index (κ3) is 3.78. The lowest BCUT2D eigenvalue weighted by Crippen LogP contribution is -2.31. The number of para-hydroxylation sites is 1. The Morgan fingerprint density at radius 2 is 2.00 bits per heavy atom. The number of hydrogen-bond donors (Lipinski definition) is 0. The molecule has 2 rings (SSSR count). The molecular weight excluding hydrogens is 310 g/mol. The van der Waals surface area contributed by atoms with Gasteiger partial charge in [0, 0.05) is 18.3 Å². The van der Waals surface area contributed by atoms with Crippen LogP contribution in [0.1, 0.15) is 31.6 Å². The van der Waals surface area contributed by atoms with Crippen LogP contribution in [0.2, 0.25) is 0 Å². The summed E-state index contributed by atoms with van der Waals surface area (Å²) in [4.78, 5) is 0. The third-order valence-corrected chi connectivity index (χ3v) is 5.89. The van der Waals surface area contributed by atoms with Gasteiger partial charge >= 0.3 is 0 Å². The topological polar surface area (TPSA) is 50.5 Å². The van der Waals surface area contributed by atoms with E-state index < -0.39 is 10.0 Å². The number of furan rings is 1. The van der Waals surface area contributed by atoms with Gasteiger partial charge in [0.2, 0.25) is 10.0 Å². The Morgan fingerprint density at radius 1 is 1.29 bits per heavy atom. The number of fused-ring (bicyclic) bond motifs is 1. The molecule has 6 heteroatoms. The Morgan fingerprint density at radius 3 is 2.67 bits per heavy atom. The van der Waals surface area contributed by atoms with Crippen LogP contribution in [0.4, 0.5) is 0 Å². The molecule has 1 aromatic carbocycles. The number of sulfonamides is 1. The second-order valence-electron chi connectivity index (χ2n) is 5.09. The molecule has 1 unspecified atom stereocenters. The van der Waals surface area contributed by atoms with E-state index in [9.17, 15) is 8.42 Å². The van der Waals surface area contributed by atoms with Crippen molar-refractivity contribution < 1.29 is 12.8 Å². The lowest BCUT2D eigenvalue weighted by atomic mass is 10.2. The smallest absolute Gasteiger partial charge is 0.214 e. The van der Waals surface area contributed by atoms with Crippen molar-refractivity contribution >= 4 is 32.6 Å². The van der Waals surface area contributed by atoms with Crippen LogP contribution in [-0.2, 0) is 10.0 Å². The molecule has 1 heterocycles. The molecule has 1 atom stereocenters. The Balaban J connectivity index is 2.16. The quantitative estimate of drug-likeness (QED) is 0.574. The fourth-order valence-corrected chi connectivity index (χ4v) is 3.78. The number of hydrogen-bond acceptors (Lipinski definition) is 3. The minimum atomic E-state index is -3.30. The van der Waals surface area contributed by atoms with Crippen molar-refractivity contribution in [1.29, 1.82) is 0 Å². The van der Waals surface area contributed by atoms with Gasteiger partial charge in [-0.1, -0.05) is 18.2 Å². The first kappa shape index (κ1) is 16.3. The molecule has 0 amide bonds. The third-order valence-electron chi connectivity index (χ3n) is 3.63. The highest BCUT2D eigenvalue weighted by atomic mass is 35.5. The summed E-state index contributed by atoms with van der Waals surface area (Å²) in [6, 6.07) is 9.21. The fraction of sp³-hybridized carbons (Fsp3) is 0.467. The largest absolute Gasteiger partial charge is 0.459 e. The maximum atomic E-state index is 12.3. The second-order valence-corrected chi connectivity index (χ2v) is 7.62. The number of halogens is 1. The zero-order chi connectivity index (χ0) is 15.5. The summed E-state index contributed by atoms with van der Waals surface area (Å²) in [5.74, 6) is 1.25. The SMILES string of the molecule is CC(c1cc2ccccc2o1)N(C)S(=O)(=O)CCCCCl. The molecule has 0 saturated carbocycles. The highest BCUT2D eigenvalue weighted by Gasteiger charge is 2.26. The van der Waals surface area contributed by atoms with E-state index in [1.165, 1.54) is 4.31 Å². The van der Waals surface area contributed by atoms with Crippen molar-refractivity contribution in [2.75, 3.05) is 18.7 Å². The first-order chi connectivity index (χ1) is 9.95. The van der Waals surface area contributed by atoms with Gasteiger partial charge in [0.15, 0.2) is 0 Å². The van der Waals surface area contributed by atoms with E-state index in [1.807, 2.05) is 37.3 Å². The minimum absolute atomic E-state index is 0.112. The zero-order valence-electron chi connectivity index (χ0n) is 12.3. The van der Waals surface area contributed by atoms with E-state index in [0.29, 0.717) is 24.5 Å². The van der Waals surface area contributed by atoms with Crippen molar-refractivity contribution in [2.24, 2.45) is 0 Å². The van der Waals surface area contributed by atoms with Gasteiger partial charge in [-0.15, -0.1) is 11.6 Å². The fourth-order valence-electron chi connectivity index (χ4n) is 2.15. The molecule has 0 saturated heterocycles. The summed E-state index contributed by atoms with van der Waals surface area (Å²) < 4.78 is 31.7. The van der Waals surface area contributed by atoms with Crippen molar-refractivity contribution in [2.45, 2.75) is 25.8 Å². The molecule has 4 nitrogen and oxygen atoms in total. The summed E-state index contributed by atoms with van der Waals surface area (Å²) in [7, 11) is -1.71. The van der Waals surface area contributed by atoms with Crippen LogP contribution in [0.3, 0.4) is 0 Å². The average Bonchev–Trinajstić information content (AvgIpc) is 2.89. The van der Waals surface area contributed by atoms with E-state index in [2.05, 4.69) is 0 Å². The van der Waals surface area contributed by atoms with Crippen molar-refractivity contribution in [3.05, 3.63) is 36.1 Å². The van der Waals surface area contributed by atoms with E-state index in [-0.39, 0.29) is 11.8 Å². The summed E-state index contributed by atoms with van der Waals surface area (Å²) >= 11 is 5.59. The number of benzene rings is 1. The molecule has 0 spiro atoms. The maximum Gasteiger partial charge on any atom is 0.214 e. The standard InChI is InChI=1S/C15H20ClNO3S/c1-12(17(2)21(18,19)10-6-5-9-16)15-11-13-7-3-4-8-14(13)20-15/h3-4,7-8,11-12H,5-6,9-10H2,1-2H3. The first-order valence-corrected chi connectivity index (χ1v) is 9.10. The van der Waals surface area contributed by atoms with Crippen LogP contribution >= 0.6 is 11.6 Å². The molecule has 21 heavy (non-hydrogen) atoms. The normalized spacial score (nSPS) is 13.9. The monoisotopic (exact) mass is 329 g/mol. The van der Waals surface area contributed by atoms with E-state index >= 15 is 0 Å². The molecule has 116 valence electrons. The van der Waals surface area contributed by atoms with Crippen molar-refractivity contribution in [3.8, 4) is 0 Å². The number of rotatable bonds is 7. The molecule has 0 aliphatic carbocycles. The lowest BCUT2D eigenvalue weighted by Gasteiger charge is -2.22. The Labute approximate surface area is 130 Å². The van der Waals surface area contributed by atoms with Gasteiger partial charge in [-0.2, -0.15) is 4.31 Å². The van der Waals surface area contributed by atoms with Gasteiger partial charge < -0.3 is 4.42 Å². The lowest BCUT2D eigenvalue weighted by molar-refractivity contribution is 0.347. The highest BCUT2D eigenvalue weighted by Crippen LogP contribution is 2.28. The second kappa shape index (κ2) is 6.81. The summed E-state index contributed by atoms with van der Waals surface area (Å²) in [5, 5.41) is 0.979. The van der Waals surface area contributed by atoms with Crippen LogP contribution in [0.25, 0.3) is 11.0 Å². The zero-order valence-corrected chi connectivity index (χ0v) is 13.8. The molecule has 2 aromatic rings. The van der Waals surface area contributed by atoms with Gasteiger partial charge in [0.25, 0.3) is 0 Å². The summed E-state index contributed by atoms with van der Waals surface area (Å²) in [5.41, 5.74) is 0.771. The summed E-state index contributed by atoms with van der Waals surface area (Å²) in [6.45, 7) is 1.83. The van der Waals surface area contributed by atoms with E-state index in [4.69, 9.17) is 16.0 Å². The van der Waals surface area contributed by atoms with E-state index in [0.717, 1.165) is 11.0 Å². The number of unbranched alkanes of at least 4 members (excludes halogenated alkanes) is 1. The van der Waals surface area contributed by atoms with Gasteiger partial charge in [-0.3, -0.25) is 0 Å². The molecular formula is C15H20ClNO3S. The van der Waals surface area contributed by atoms with Crippen LogP contribution in [0.5, 0.6) is 0 Å². The van der Waals surface area contributed by atoms with Crippen LogP contribution in [0.15, 0.2) is 34.7 Å². The van der Waals surface area contributed by atoms with Crippen LogP contribution < -0.4 is 0 Å². The Bertz CT molecular complexity index is 663. The molecule has 0 fully saturated rings. The first-order valence-electron chi connectivity index (χ1n) is 6.96. The van der Waals surface area contributed by atoms with E-state index in [1.54, 1.807) is 7.05 Å². The number of nitrogens with zero attached hydrogens (tertiary/aromatic N) is 1. The predicted molar refractivity (Wildman–Crippen MR) is 86.1 cm³/mol. The molecule has 0 N–H and O–H groups in total. The minimum Gasteiger partial charge on any atom is -0.459 e. The molecule has 0 aliphatic heterocycles. The Hall–Kier alpha value is -1.04. The van der Waals surface area contributed by atoms with Crippen molar-refractivity contribution in [1.82, 2.24) is 4.31 Å². The van der Waals surface area contributed by atoms with Crippen LogP contribution in [-0.4, -0.2) is 31.4 Å². The Kier molecular flexibility index (Phi) is 5.30. The average molecular weight is 330 g/mol. The van der Waals surface area contributed by atoms with Gasteiger partial charge in [0.05, 0.1) is 11.8 Å². The molecule has 0 bridgehead atoms. The number of alkyl halides is 1. The predicted octanol–water partition coefficient (Wildman–Crippen LogP) is 3.77. The molecule has 0 aliphatic rings. The summed E-state index contributed by atoms with van der Waals surface area (Å²) in [6.07, 6.45) is 1.27. The van der Waals surface area contributed by atoms with Crippen molar-refractivity contribution in [3.63, 3.8) is 0 Å². The van der Waals surface area contributed by atoms with Crippen LogP contribution in [0, 0.1) is 0 Å². The molecule has 1 aromatic heterocycles. The van der Waals surface area contributed by atoms with Gasteiger partial charge in [0.1, 0.15) is 11.3 Å². The van der Waals surface area contributed by atoms with Gasteiger partial charge in [-0.05, 0) is 31.9 Å². The molecule has 0 radical (unpaired) electrons. The highest BCUT2D eigenvalue weighted by molar-refractivity contribution is 7.89. The van der Waals surface area contributed by atoms with Gasteiger partial charge in [-0.25, -0.2) is 8.42 Å².